The fourth-order valence-electron chi connectivity index (χ4n) is 5.06. The van der Waals surface area contributed by atoms with E-state index in [4.69, 9.17) is 0 Å². The van der Waals surface area contributed by atoms with Gasteiger partial charge in [-0.15, -0.1) is 0 Å². The van der Waals surface area contributed by atoms with Gasteiger partial charge in [-0.25, -0.2) is 9.37 Å². The molecule has 35 heavy (non-hydrogen) atoms. The van der Waals surface area contributed by atoms with Gasteiger partial charge in [-0.05, 0) is 68.0 Å². The smallest absolute Gasteiger partial charge is 0.365 e. The Bertz CT molecular complexity index is 1250. The lowest BCUT2D eigenvalue weighted by atomic mass is 9.76. The van der Waals surface area contributed by atoms with Crippen molar-refractivity contribution in [3.05, 3.63) is 71.6 Å². The second-order valence-corrected chi connectivity index (χ2v) is 9.13. The summed E-state index contributed by atoms with van der Waals surface area (Å²) in [5.74, 6) is -0.294. The van der Waals surface area contributed by atoms with Crippen LogP contribution >= 0.6 is 0 Å². The summed E-state index contributed by atoms with van der Waals surface area (Å²) < 4.78 is 53.2. The number of carbonyl (C=O) groups is 1. The summed E-state index contributed by atoms with van der Waals surface area (Å²) in [5, 5.41) is 3.23. The maximum atomic E-state index is 14.5. The van der Waals surface area contributed by atoms with Crippen molar-refractivity contribution < 1.29 is 22.4 Å². The van der Waals surface area contributed by atoms with E-state index in [0.29, 0.717) is 17.9 Å². The number of hydrogen-bond acceptors (Lipinski definition) is 5. The van der Waals surface area contributed by atoms with Gasteiger partial charge in [0.1, 0.15) is 23.0 Å². The van der Waals surface area contributed by atoms with Crippen LogP contribution in [0.4, 0.5) is 23.4 Å². The molecule has 3 aromatic rings. The number of carbonyl (C=O) groups excluding carboxylic acids is 1. The van der Waals surface area contributed by atoms with Crippen molar-refractivity contribution in [2.75, 3.05) is 11.9 Å². The average molecular weight is 485 g/mol. The van der Waals surface area contributed by atoms with Crippen LogP contribution in [0.25, 0.3) is 11.3 Å². The van der Waals surface area contributed by atoms with Gasteiger partial charge in [-0.3, -0.25) is 14.8 Å². The van der Waals surface area contributed by atoms with Crippen molar-refractivity contribution in [1.82, 2.24) is 19.9 Å². The SMILES string of the molecule is Cc1cnc(C(=O)N2CC3CCC2C(Nc2ccc(C(F)(F)F)cn2)C3)c(-c2ncccc2F)c1. The van der Waals surface area contributed by atoms with Crippen LogP contribution in [0.15, 0.2) is 48.9 Å². The number of rotatable bonds is 4. The minimum atomic E-state index is -4.45. The van der Waals surface area contributed by atoms with Gasteiger partial charge < -0.3 is 10.2 Å². The van der Waals surface area contributed by atoms with E-state index in [2.05, 4.69) is 20.3 Å². The Hall–Kier alpha value is -3.56. The normalized spacial score (nSPS) is 21.7. The quantitative estimate of drug-likeness (QED) is 0.520. The van der Waals surface area contributed by atoms with E-state index in [1.54, 1.807) is 17.2 Å². The van der Waals surface area contributed by atoms with Gasteiger partial charge in [0.05, 0.1) is 11.6 Å². The molecule has 10 heteroatoms. The first-order chi connectivity index (χ1) is 16.7. The molecular weight excluding hydrogens is 462 g/mol. The zero-order chi connectivity index (χ0) is 24.7. The van der Waals surface area contributed by atoms with E-state index >= 15 is 0 Å². The van der Waals surface area contributed by atoms with Crippen LogP contribution in [0.1, 0.15) is 40.9 Å². The minimum absolute atomic E-state index is 0.0675. The Labute approximate surface area is 199 Å². The van der Waals surface area contributed by atoms with Crippen molar-refractivity contribution in [3.63, 3.8) is 0 Å². The lowest BCUT2D eigenvalue weighted by Crippen LogP contribution is -2.60. The zero-order valence-corrected chi connectivity index (χ0v) is 18.9. The molecule has 3 unspecified atom stereocenters. The number of alkyl halides is 3. The summed E-state index contributed by atoms with van der Waals surface area (Å²) in [6.45, 7) is 2.35. The first-order valence-corrected chi connectivity index (χ1v) is 11.4. The van der Waals surface area contributed by atoms with Crippen LogP contribution in [-0.2, 0) is 6.18 Å². The number of anilines is 1. The number of amides is 1. The summed E-state index contributed by atoms with van der Waals surface area (Å²) in [4.78, 5) is 27.9. The van der Waals surface area contributed by atoms with Crippen molar-refractivity contribution >= 4 is 11.7 Å². The molecule has 182 valence electrons. The highest BCUT2D eigenvalue weighted by Gasteiger charge is 2.44. The lowest BCUT2D eigenvalue weighted by Gasteiger charge is -2.50. The molecule has 3 atom stereocenters. The molecule has 5 heterocycles. The zero-order valence-electron chi connectivity index (χ0n) is 18.9. The Balaban J connectivity index is 1.41. The van der Waals surface area contributed by atoms with Gasteiger partial charge >= 0.3 is 6.18 Å². The number of piperidine rings is 2. The molecule has 3 aromatic heterocycles. The van der Waals surface area contributed by atoms with E-state index < -0.39 is 17.6 Å². The molecule has 1 saturated carbocycles. The molecule has 0 radical (unpaired) electrons. The van der Waals surface area contributed by atoms with Crippen molar-refractivity contribution in [3.8, 4) is 11.3 Å². The van der Waals surface area contributed by atoms with Crippen molar-refractivity contribution in [1.29, 1.82) is 0 Å². The predicted octanol–water partition coefficient (Wildman–Crippen LogP) is 5.11. The Morgan fingerprint density at radius 3 is 2.63 bits per heavy atom. The minimum Gasteiger partial charge on any atom is -0.365 e. The Morgan fingerprint density at radius 1 is 1.11 bits per heavy atom. The van der Waals surface area contributed by atoms with Gasteiger partial charge in [-0.2, -0.15) is 13.2 Å². The highest BCUT2D eigenvalue weighted by Crippen LogP contribution is 2.38. The number of nitrogens with one attached hydrogen (secondary N) is 1. The molecule has 0 aromatic carbocycles. The summed E-state index contributed by atoms with van der Waals surface area (Å²) in [5.41, 5.74) is 0.493. The van der Waals surface area contributed by atoms with E-state index in [1.807, 2.05) is 6.92 Å². The molecule has 2 aliphatic heterocycles. The van der Waals surface area contributed by atoms with Gasteiger partial charge in [0, 0.05) is 36.7 Å². The number of hydrogen-bond donors (Lipinski definition) is 1. The molecule has 0 spiro atoms. The second-order valence-electron chi connectivity index (χ2n) is 9.13. The van der Waals surface area contributed by atoms with Gasteiger partial charge in [0.25, 0.3) is 5.91 Å². The highest BCUT2D eigenvalue weighted by molar-refractivity contribution is 5.99. The fraction of sp³-hybridized carbons (Fsp3) is 0.360. The molecule has 2 bridgehead atoms. The molecule has 3 fully saturated rings. The van der Waals surface area contributed by atoms with Crippen LogP contribution in [0.2, 0.25) is 0 Å². The Kier molecular flexibility index (Phi) is 5.90. The maximum Gasteiger partial charge on any atom is 0.417 e. The number of halogens is 4. The summed E-state index contributed by atoms with van der Waals surface area (Å²) in [6, 6.07) is 6.41. The Morgan fingerprint density at radius 2 is 1.94 bits per heavy atom. The highest BCUT2D eigenvalue weighted by atomic mass is 19.4. The number of pyridine rings is 3. The van der Waals surface area contributed by atoms with Crippen LogP contribution in [0.5, 0.6) is 0 Å². The van der Waals surface area contributed by atoms with E-state index in [9.17, 15) is 22.4 Å². The van der Waals surface area contributed by atoms with Gasteiger partial charge in [0.15, 0.2) is 0 Å². The molecule has 1 aliphatic carbocycles. The van der Waals surface area contributed by atoms with E-state index in [0.717, 1.165) is 37.1 Å². The number of aryl methyl sites for hydroxylation is 1. The number of nitrogens with zero attached hydrogens (tertiary/aromatic N) is 4. The molecule has 1 N–H and O–H groups in total. The van der Waals surface area contributed by atoms with Crippen LogP contribution in [-0.4, -0.2) is 44.4 Å². The van der Waals surface area contributed by atoms with Crippen molar-refractivity contribution in [2.24, 2.45) is 5.92 Å². The second kappa shape index (κ2) is 8.90. The van der Waals surface area contributed by atoms with Crippen LogP contribution < -0.4 is 5.32 Å². The maximum absolute atomic E-state index is 14.5. The first kappa shape index (κ1) is 23.2. The molecular formula is C25H23F4N5O. The lowest BCUT2D eigenvalue weighted by molar-refractivity contribution is -0.137. The van der Waals surface area contributed by atoms with E-state index in [1.165, 1.54) is 24.4 Å². The molecule has 1 amide bonds. The van der Waals surface area contributed by atoms with Crippen molar-refractivity contribution in [2.45, 2.75) is 44.4 Å². The first-order valence-electron chi connectivity index (χ1n) is 11.4. The third kappa shape index (κ3) is 4.56. The summed E-state index contributed by atoms with van der Waals surface area (Å²) in [6.07, 6.45) is 1.86. The number of fused-ring (bicyclic) bond motifs is 3. The molecule has 6 nitrogen and oxygen atoms in total. The fourth-order valence-corrected chi connectivity index (χ4v) is 5.06. The summed E-state index contributed by atoms with van der Waals surface area (Å²) >= 11 is 0. The molecule has 6 rings (SSSR count). The van der Waals surface area contributed by atoms with E-state index in [-0.39, 0.29) is 35.3 Å². The summed E-state index contributed by atoms with van der Waals surface area (Å²) in [7, 11) is 0. The van der Waals surface area contributed by atoms with Crippen LogP contribution in [0, 0.1) is 18.7 Å². The predicted molar refractivity (Wildman–Crippen MR) is 121 cm³/mol. The van der Waals surface area contributed by atoms with Gasteiger partial charge in [0.2, 0.25) is 0 Å². The van der Waals surface area contributed by atoms with Gasteiger partial charge in [-0.1, -0.05) is 0 Å². The van der Waals surface area contributed by atoms with Crippen LogP contribution in [0.3, 0.4) is 0 Å². The monoisotopic (exact) mass is 485 g/mol. The molecule has 2 saturated heterocycles. The molecule has 3 aliphatic rings. The number of aromatic nitrogens is 3. The third-order valence-electron chi connectivity index (χ3n) is 6.70. The third-order valence-corrected chi connectivity index (χ3v) is 6.70. The average Bonchev–Trinajstić information content (AvgIpc) is 2.84. The standard InChI is InChI=1S/C25H23F4N5O/c1-14-9-17(22-18(26)3-2-8-30-22)23(32-11-14)24(35)34-13-15-4-6-20(34)19(10-15)33-21-7-5-16(12-31-21)25(27,28)29/h2-3,5,7-9,11-12,15,19-20H,4,6,10,13H2,1H3,(H,31,33). The topological polar surface area (TPSA) is 71.0 Å². The largest absolute Gasteiger partial charge is 0.417 e.